The highest BCUT2D eigenvalue weighted by Gasteiger charge is 2.30. The van der Waals surface area contributed by atoms with Crippen molar-refractivity contribution in [3.05, 3.63) is 54.3 Å². The van der Waals surface area contributed by atoms with E-state index < -0.39 is 11.8 Å². The van der Waals surface area contributed by atoms with Crippen LogP contribution in [-0.4, -0.2) is 44.5 Å². The lowest BCUT2D eigenvalue weighted by Crippen LogP contribution is -2.34. The molecule has 1 aliphatic heterocycles. The average Bonchev–Trinajstić information content (AvgIpc) is 3.08. The summed E-state index contributed by atoms with van der Waals surface area (Å²) in [6, 6.07) is 7.41. The van der Waals surface area contributed by atoms with Crippen molar-refractivity contribution < 1.29 is 14.7 Å². The fourth-order valence-corrected chi connectivity index (χ4v) is 2.34. The molecule has 0 atom stereocenters. The molecule has 0 saturated carbocycles. The highest BCUT2D eigenvalue weighted by molar-refractivity contribution is 6.17. The van der Waals surface area contributed by atoms with E-state index in [1.165, 1.54) is 6.08 Å². The number of aromatic nitrogens is 2. The molecule has 0 spiro atoms. The molecule has 7 heteroatoms. The predicted molar refractivity (Wildman–Crippen MR) is 83.8 cm³/mol. The van der Waals surface area contributed by atoms with Crippen molar-refractivity contribution in [3.8, 4) is 5.69 Å². The Balaban J connectivity index is 1.73. The SMILES string of the molecule is Cc1cn(-c2ccc(NC3=CC(=O)N(CCO)C3=O)cc2)cn1. The maximum atomic E-state index is 12.1. The first-order valence-electron chi connectivity index (χ1n) is 7.15. The smallest absolute Gasteiger partial charge is 0.277 e. The van der Waals surface area contributed by atoms with Crippen LogP contribution < -0.4 is 5.32 Å². The van der Waals surface area contributed by atoms with Gasteiger partial charge in [0.2, 0.25) is 0 Å². The van der Waals surface area contributed by atoms with E-state index in [4.69, 9.17) is 5.11 Å². The number of imidazole rings is 1. The topological polar surface area (TPSA) is 87.5 Å². The van der Waals surface area contributed by atoms with E-state index in [0.29, 0.717) is 5.69 Å². The molecule has 2 N–H and O–H groups in total. The van der Waals surface area contributed by atoms with Gasteiger partial charge >= 0.3 is 0 Å². The van der Waals surface area contributed by atoms with Gasteiger partial charge in [0.25, 0.3) is 11.8 Å². The predicted octanol–water partition coefficient (Wildman–Crippen LogP) is 0.838. The first-order valence-corrected chi connectivity index (χ1v) is 7.15. The second kappa shape index (κ2) is 6.05. The summed E-state index contributed by atoms with van der Waals surface area (Å²) in [5, 5.41) is 11.8. The molecule has 0 radical (unpaired) electrons. The van der Waals surface area contributed by atoms with Crippen LogP contribution in [0.15, 0.2) is 48.6 Å². The van der Waals surface area contributed by atoms with Crippen LogP contribution in [0, 0.1) is 6.92 Å². The van der Waals surface area contributed by atoms with Gasteiger partial charge in [0, 0.05) is 23.6 Å². The third kappa shape index (κ3) is 3.00. The summed E-state index contributed by atoms with van der Waals surface area (Å²) in [4.78, 5) is 28.9. The summed E-state index contributed by atoms with van der Waals surface area (Å²) >= 11 is 0. The Morgan fingerprint density at radius 2 is 1.96 bits per heavy atom. The number of hydrogen-bond donors (Lipinski definition) is 2. The Labute approximate surface area is 132 Å². The third-order valence-electron chi connectivity index (χ3n) is 3.49. The maximum absolute atomic E-state index is 12.1. The van der Waals surface area contributed by atoms with Gasteiger partial charge in [-0.25, -0.2) is 4.98 Å². The summed E-state index contributed by atoms with van der Waals surface area (Å²) in [6.07, 6.45) is 4.88. The van der Waals surface area contributed by atoms with E-state index in [2.05, 4.69) is 10.3 Å². The number of amides is 2. The van der Waals surface area contributed by atoms with Crippen LogP contribution in [0.2, 0.25) is 0 Å². The zero-order valence-electron chi connectivity index (χ0n) is 12.6. The van der Waals surface area contributed by atoms with Crippen molar-refractivity contribution in [2.24, 2.45) is 0 Å². The van der Waals surface area contributed by atoms with Crippen molar-refractivity contribution in [2.45, 2.75) is 6.92 Å². The summed E-state index contributed by atoms with van der Waals surface area (Å²) < 4.78 is 1.89. The van der Waals surface area contributed by atoms with E-state index >= 15 is 0 Å². The Hall–Kier alpha value is -2.93. The lowest BCUT2D eigenvalue weighted by Gasteiger charge is -2.13. The molecule has 118 valence electrons. The van der Waals surface area contributed by atoms with Gasteiger partial charge in [0.1, 0.15) is 5.70 Å². The number of benzene rings is 1. The first-order chi connectivity index (χ1) is 11.1. The van der Waals surface area contributed by atoms with Crippen molar-refractivity contribution in [2.75, 3.05) is 18.5 Å². The molecular formula is C16H16N4O3. The number of nitrogens with zero attached hydrogens (tertiary/aromatic N) is 3. The van der Waals surface area contributed by atoms with Gasteiger partial charge in [0.15, 0.2) is 0 Å². The van der Waals surface area contributed by atoms with E-state index in [1.54, 1.807) is 6.33 Å². The molecule has 1 aromatic carbocycles. The number of aryl methyl sites for hydroxylation is 1. The number of imide groups is 1. The maximum Gasteiger partial charge on any atom is 0.277 e. The van der Waals surface area contributed by atoms with Gasteiger partial charge in [-0.05, 0) is 31.2 Å². The summed E-state index contributed by atoms with van der Waals surface area (Å²) in [6.45, 7) is 1.66. The van der Waals surface area contributed by atoms with Crippen LogP contribution in [0.3, 0.4) is 0 Å². The number of aliphatic hydroxyl groups excluding tert-OH is 1. The number of β-amino-alcohol motifs (C(OH)–C–C–N with tert-alkyl or cyclic N) is 1. The highest BCUT2D eigenvalue weighted by atomic mass is 16.3. The number of nitrogens with one attached hydrogen (secondary N) is 1. The van der Waals surface area contributed by atoms with Crippen molar-refractivity contribution in [1.29, 1.82) is 0 Å². The molecule has 1 aliphatic rings. The monoisotopic (exact) mass is 312 g/mol. The van der Waals surface area contributed by atoms with Gasteiger partial charge in [-0.1, -0.05) is 0 Å². The van der Waals surface area contributed by atoms with Gasteiger partial charge in [-0.2, -0.15) is 0 Å². The fraction of sp³-hybridized carbons (Fsp3) is 0.188. The molecule has 2 aromatic rings. The van der Waals surface area contributed by atoms with E-state index in [-0.39, 0.29) is 18.8 Å². The van der Waals surface area contributed by atoms with Crippen LogP contribution in [0.25, 0.3) is 5.69 Å². The zero-order chi connectivity index (χ0) is 16.4. The van der Waals surface area contributed by atoms with Crippen molar-refractivity contribution >= 4 is 17.5 Å². The molecule has 2 amide bonds. The molecule has 0 aliphatic carbocycles. The van der Waals surface area contributed by atoms with E-state index in [1.807, 2.05) is 42.0 Å². The Morgan fingerprint density at radius 1 is 1.22 bits per heavy atom. The Bertz CT molecular complexity index is 777. The van der Waals surface area contributed by atoms with Crippen LogP contribution in [0.4, 0.5) is 5.69 Å². The second-order valence-corrected chi connectivity index (χ2v) is 5.17. The molecule has 23 heavy (non-hydrogen) atoms. The molecule has 0 saturated heterocycles. The number of rotatable bonds is 5. The number of aliphatic hydroxyl groups is 1. The van der Waals surface area contributed by atoms with E-state index in [0.717, 1.165) is 16.3 Å². The molecule has 0 unspecified atom stereocenters. The molecule has 7 nitrogen and oxygen atoms in total. The lowest BCUT2D eigenvalue weighted by molar-refractivity contribution is -0.137. The van der Waals surface area contributed by atoms with E-state index in [9.17, 15) is 9.59 Å². The van der Waals surface area contributed by atoms with Crippen molar-refractivity contribution in [3.63, 3.8) is 0 Å². The zero-order valence-corrected chi connectivity index (χ0v) is 12.6. The Morgan fingerprint density at radius 3 is 2.57 bits per heavy atom. The second-order valence-electron chi connectivity index (χ2n) is 5.17. The molecular weight excluding hydrogens is 296 g/mol. The molecule has 0 fully saturated rings. The molecule has 1 aromatic heterocycles. The normalized spacial score (nSPS) is 14.3. The standard InChI is InChI=1S/C16H16N4O3/c1-11-9-19(10-17-11)13-4-2-12(3-5-13)18-14-8-15(22)20(6-7-21)16(14)23/h2-5,8-10,18,21H,6-7H2,1H3. The number of hydrogen-bond acceptors (Lipinski definition) is 5. The van der Waals surface area contributed by atoms with Crippen LogP contribution in [-0.2, 0) is 9.59 Å². The van der Waals surface area contributed by atoms with Crippen LogP contribution >= 0.6 is 0 Å². The fourth-order valence-electron chi connectivity index (χ4n) is 2.34. The summed E-state index contributed by atoms with van der Waals surface area (Å²) in [5.41, 5.74) is 2.77. The average molecular weight is 312 g/mol. The minimum atomic E-state index is -0.432. The molecule has 0 bridgehead atoms. The number of anilines is 1. The summed E-state index contributed by atoms with van der Waals surface area (Å²) in [5.74, 6) is -0.851. The third-order valence-corrected chi connectivity index (χ3v) is 3.49. The van der Waals surface area contributed by atoms with Gasteiger partial charge in [-0.15, -0.1) is 0 Å². The molecule has 3 rings (SSSR count). The lowest BCUT2D eigenvalue weighted by atomic mass is 10.2. The van der Waals surface area contributed by atoms with Crippen LogP contribution in [0.5, 0.6) is 0 Å². The highest BCUT2D eigenvalue weighted by Crippen LogP contribution is 2.19. The minimum Gasteiger partial charge on any atom is -0.395 e. The largest absolute Gasteiger partial charge is 0.395 e. The van der Waals surface area contributed by atoms with Gasteiger partial charge in [-0.3, -0.25) is 14.5 Å². The van der Waals surface area contributed by atoms with Crippen molar-refractivity contribution in [1.82, 2.24) is 14.5 Å². The first kappa shape index (κ1) is 15.0. The van der Waals surface area contributed by atoms with Gasteiger partial charge < -0.3 is 15.0 Å². The van der Waals surface area contributed by atoms with Gasteiger partial charge in [0.05, 0.1) is 25.2 Å². The quantitative estimate of drug-likeness (QED) is 0.799. The summed E-state index contributed by atoms with van der Waals surface area (Å²) in [7, 11) is 0. The molecule has 2 heterocycles. The minimum absolute atomic E-state index is 0.00172. The Kier molecular flexibility index (Phi) is 3.94. The number of carbonyl (C=O) groups excluding carboxylic acids is 2. The van der Waals surface area contributed by atoms with Crippen LogP contribution in [0.1, 0.15) is 5.69 Å². The number of carbonyl (C=O) groups is 2.